The topological polar surface area (TPSA) is 42.2 Å². The minimum absolute atomic E-state index is 0.0736. The number of aliphatic hydroxyl groups is 1. The van der Waals surface area contributed by atoms with Crippen molar-refractivity contribution in [2.24, 2.45) is 0 Å². The Hall–Kier alpha value is -2.13. The fourth-order valence-electron chi connectivity index (χ4n) is 2.63. The monoisotopic (exact) mass is 267 g/mol. The Morgan fingerprint density at radius 3 is 2.00 bits per heavy atom. The fraction of sp³-hybridized carbons (Fsp3) is 0.235. The third kappa shape index (κ3) is 2.10. The van der Waals surface area contributed by atoms with Crippen LogP contribution >= 0.6 is 0 Å². The summed E-state index contributed by atoms with van der Waals surface area (Å²) in [6.07, 6.45) is 0.309. The minimum Gasteiger partial charge on any atom is -0.393 e. The van der Waals surface area contributed by atoms with Gasteiger partial charge in [-0.25, -0.2) is 0 Å². The summed E-state index contributed by atoms with van der Waals surface area (Å²) in [5, 5.41) is 11.0. The zero-order valence-corrected chi connectivity index (χ0v) is 11.4. The molecule has 1 heterocycles. The van der Waals surface area contributed by atoms with Gasteiger partial charge in [0, 0.05) is 17.3 Å². The van der Waals surface area contributed by atoms with E-state index >= 15 is 0 Å². The molecule has 0 aliphatic heterocycles. The largest absolute Gasteiger partial charge is 0.393 e. The molecule has 0 radical (unpaired) electrons. The molecular weight excluding hydrogens is 250 g/mol. The number of hydrogen-bond acceptors (Lipinski definition) is 2. The van der Waals surface area contributed by atoms with Crippen LogP contribution in [-0.2, 0) is 6.54 Å². The van der Waals surface area contributed by atoms with Gasteiger partial charge in [0.15, 0.2) is 5.43 Å². The molecule has 102 valence electrons. The van der Waals surface area contributed by atoms with Gasteiger partial charge in [0.25, 0.3) is 0 Å². The summed E-state index contributed by atoms with van der Waals surface area (Å²) in [5.74, 6) is 0. The third-order valence-electron chi connectivity index (χ3n) is 3.65. The Balaban J connectivity index is 2.37. The maximum atomic E-state index is 12.5. The zero-order chi connectivity index (χ0) is 14.1. The first kappa shape index (κ1) is 12.9. The highest BCUT2D eigenvalue weighted by Gasteiger charge is 2.10. The maximum absolute atomic E-state index is 12.5. The second-order valence-corrected chi connectivity index (χ2v) is 5.15. The Morgan fingerprint density at radius 1 is 1.00 bits per heavy atom. The van der Waals surface area contributed by atoms with Gasteiger partial charge >= 0.3 is 0 Å². The first-order valence-corrected chi connectivity index (χ1v) is 6.87. The number of fused-ring (bicyclic) bond motifs is 2. The third-order valence-corrected chi connectivity index (χ3v) is 3.65. The van der Waals surface area contributed by atoms with Crippen LogP contribution in [0.3, 0.4) is 0 Å². The molecule has 1 atom stereocenters. The molecule has 3 nitrogen and oxygen atoms in total. The van der Waals surface area contributed by atoms with E-state index in [0.717, 1.165) is 21.8 Å². The van der Waals surface area contributed by atoms with Crippen molar-refractivity contribution in [3.63, 3.8) is 0 Å². The van der Waals surface area contributed by atoms with E-state index in [9.17, 15) is 9.90 Å². The van der Waals surface area contributed by atoms with Crippen LogP contribution in [0, 0.1) is 0 Å². The lowest BCUT2D eigenvalue weighted by molar-refractivity contribution is 0.179. The van der Waals surface area contributed by atoms with E-state index in [1.807, 2.05) is 48.5 Å². The maximum Gasteiger partial charge on any atom is 0.197 e. The molecule has 0 saturated heterocycles. The molecule has 0 fully saturated rings. The van der Waals surface area contributed by atoms with Gasteiger partial charge in [-0.2, -0.15) is 0 Å². The normalized spacial score (nSPS) is 12.9. The molecule has 3 aromatic rings. The number of rotatable bonds is 3. The van der Waals surface area contributed by atoms with Gasteiger partial charge in [-0.3, -0.25) is 4.79 Å². The van der Waals surface area contributed by atoms with Crippen molar-refractivity contribution in [3.05, 3.63) is 58.8 Å². The van der Waals surface area contributed by atoms with Gasteiger partial charge in [-0.1, -0.05) is 24.3 Å². The second kappa shape index (κ2) is 5.10. The first-order chi connectivity index (χ1) is 9.68. The summed E-state index contributed by atoms with van der Waals surface area (Å²) < 4.78 is 2.12. The van der Waals surface area contributed by atoms with E-state index in [2.05, 4.69) is 4.57 Å². The quantitative estimate of drug-likeness (QED) is 0.741. The molecular formula is C17H17NO2. The summed E-state index contributed by atoms with van der Waals surface area (Å²) in [6.45, 7) is 2.48. The number of aromatic nitrogens is 1. The van der Waals surface area contributed by atoms with Gasteiger partial charge in [0.1, 0.15) is 0 Å². The summed E-state index contributed by atoms with van der Waals surface area (Å²) >= 11 is 0. The Morgan fingerprint density at radius 2 is 1.50 bits per heavy atom. The van der Waals surface area contributed by atoms with Crippen molar-refractivity contribution >= 4 is 21.8 Å². The molecule has 0 saturated carbocycles. The molecule has 0 aliphatic carbocycles. The molecule has 3 heteroatoms. The minimum atomic E-state index is -0.355. The predicted octanol–water partition coefficient (Wildman–Crippen LogP) is 2.93. The van der Waals surface area contributed by atoms with Crippen LogP contribution in [0.4, 0.5) is 0 Å². The van der Waals surface area contributed by atoms with E-state index < -0.39 is 0 Å². The average Bonchev–Trinajstić information content (AvgIpc) is 2.47. The Labute approximate surface area is 117 Å². The average molecular weight is 267 g/mol. The van der Waals surface area contributed by atoms with Gasteiger partial charge in [-0.15, -0.1) is 0 Å². The number of pyridine rings is 1. The zero-order valence-electron chi connectivity index (χ0n) is 11.4. The van der Waals surface area contributed by atoms with Gasteiger partial charge < -0.3 is 9.67 Å². The van der Waals surface area contributed by atoms with Crippen LogP contribution in [0.25, 0.3) is 21.8 Å². The van der Waals surface area contributed by atoms with Crippen LogP contribution in [0.2, 0.25) is 0 Å². The van der Waals surface area contributed by atoms with Crippen LogP contribution < -0.4 is 5.43 Å². The number of para-hydroxylation sites is 2. The molecule has 0 spiro atoms. The van der Waals surface area contributed by atoms with Crippen molar-refractivity contribution < 1.29 is 5.11 Å². The van der Waals surface area contributed by atoms with Crippen LogP contribution in [0.5, 0.6) is 0 Å². The molecule has 0 bridgehead atoms. The molecule has 1 unspecified atom stereocenters. The van der Waals surface area contributed by atoms with Crippen LogP contribution in [-0.4, -0.2) is 15.8 Å². The molecule has 3 rings (SSSR count). The highest BCUT2D eigenvalue weighted by Crippen LogP contribution is 2.19. The predicted molar refractivity (Wildman–Crippen MR) is 82.0 cm³/mol. The van der Waals surface area contributed by atoms with E-state index in [-0.39, 0.29) is 11.5 Å². The van der Waals surface area contributed by atoms with E-state index in [0.29, 0.717) is 13.0 Å². The van der Waals surface area contributed by atoms with Gasteiger partial charge in [-0.05, 0) is 37.6 Å². The number of aryl methyl sites for hydroxylation is 1. The lowest BCUT2D eigenvalue weighted by atomic mass is 10.1. The molecule has 20 heavy (non-hydrogen) atoms. The summed E-state index contributed by atoms with van der Waals surface area (Å²) in [4.78, 5) is 12.5. The summed E-state index contributed by atoms with van der Waals surface area (Å²) in [5.41, 5.74) is 1.93. The van der Waals surface area contributed by atoms with Crippen molar-refractivity contribution in [1.29, 1.82) is 0 Å². The second-order valence-electron chi connectivity index (χ2n) is 5.15. The van der Waals surface area contributed by atoms with Crippen molar-refractivity contribution in [3.8, 4) is 0 Å². The number of aliphatic hydroxyl groups excluding tert-OH is 1. The van der Waals surface area contributed by atoms with Crippen molar-refractivity contribution in [2.75, 3.05) is 0 Å². The van der Waals surface area contributed by atoms with Gasteiger partial charge in [0.05, 0.1) is 17.1 Å². The first-order valence-electron chi connectivity index (χ1n) is 6.87. The van der Waals surface area contributed by atoms with Crippen molar-refractivity contribution in [1.82, 2.24) is 4.57 Å². The molecule has 2 aromatic carbocycles. The molecule has 1 N–H and O–H groups in total. The Bertz CT molecular complexity index is 758. The molecule has 0 aliphatic rings. The Kier molecular flexibility index (Phi) is 3.28. The fourth-order valence-corrected chi connectivity index (χ4v) is 2.63. The molecule has 1 aromatic heterocycles. The SMILES string of the molecule is CC(O)CCn1c2ccccc2c(=O)c2ccccc21. The van der Waals surface area contributed by atoms with Gasteiger partial charge in [0.2, 0.25) is 0 Å². The smallest absolute Gasteiger partial charge is 0.197 e. The number of hydrogen-bond donors (Lipinski definition) is 1. The lowest BCUT2D eigenvalue weighted by Gasteiger charge is -2.15. The lowest BCUT2D eigenvalue weighted by Crippen LogP contribution is -2.14. The van der Waals surface area contributed by atoms with E-state index in [4.69, 9.17) is 0 Å². The highest BCUT2D eigenvalue weighted by atomic mass is 16.3. The highest BCUT2D eigenvalue weighted by molar-refractivity contribution is 5.93. The number of benzene rings is 2. The van der Waals surface area contributed by atoms with E-state index in [1.54, 1.807) is 6.92 Å². The summed E-state index contributed by atoms with van der Waals surface area (Å²) in [7, 11) is 0. The van der Waals surface area contributed by atoms with E-state index in [1.165, 1.54) is 0 Å². The standard InChI is InChI=1S/C17H17NO2/c1-12(19)10-11-18-15-8-4-2-6-13(15)17(20)14-7-3-5-9-16(14)18/h2-9,12,19H,10-11H2,1H3. The van der Waals surface area contributed by atoms with Crippen LogP contribution in [0.1, 0.15) is 13.3 Å². The molecule has 0 amide bonds. The van der Waals surface area contributed by atoms with Crippen molar-refractivity contribution in [2.45, 2.75) is 26.0 Å². The summed E-state index contributed by atoms with van der Waals surface area (Å²) in [6, 6.07) is 15.3. The van der Waals surface area contributed by atoms with Crippen LogP contribution in [0.15, 0.2) is 53.3 Å². The number of nitrogens with zero attached hydrogens (tertiary/aromatic N) is 1.